The van der Waals surface area contributed by atoms with Gasteiger partial charge in [0.05, 0.1) is 5.71 Å². The second-order valence-electron chi connectivity index (χ2n) is 6.83. The molecule has 150 valence electrons. The maximum atomic E-state index is 11.1. The van der Waals surface area contributed by atoms with Crippen molar-refractivity contribution in [1.82, 2.24) is 0 Å². The second-order valence-corrected chi connectivity index (χ2v) is 6.83. The van der Waals surface area contributed by atoms with E-state index >= 15 is 0 Å². The third-order valence-corrected chi connectivity index (χ3v) is 4.49. The van der Waals surface area contributed by atoms with E-state index in [1.807, 2.05) is 61.7 Å². The van der Waals surface area contributed by atoms with E-state index in [1.165, 1.54) is 12.5 Å². The van der Waals surface area contributed by atoms with Gasteiger partial charge in [-0.2, -0.15) is 0 Å². The predicted molar refractivity (Wildman–Crippen MR) is 124 cm³/mol. The van der Waals surface area contributed by atoms with Gasteiger partial charge in [0.2, 0.25) is 5.91 Å². The van der Waals surface area contributed by atoms with Crippen molar-refractivity contribution >= 4 is 23.0 Å². The average molecular weight is 388 g/mol. The number of anilines is 1. The SMILES string of the molecule is C=C(CCC(/C=C\C(=NC)c1ccccc1)=NC)Cc1ccc(NC(C)=O)cc1. The molecule has 4 heteroatoms. The number of benzene rings is 2. The van der Waals surface area contributed by atoms with E-state index in [1.54, 1.807) is 7.05 Å². The minimum atomic E-state index is -0.0647. The summed E-state index contributed by atoms with van der Waals surface area (Å²) in [6.07, 6.45) is 6.56. The summed E-state index contributed by atoms with van der Waals surface area (Å²) >= 11 is 0. The number of nitrogens with one attached hydrogen (secondary N) is 1. The summed E-state index contributed by atoms with van der Waals surface area (Å²) in [5, 5.41) is 2.78. The van der Waals surface area contributed by atoms with E-state index in [2.05, 4.69) is 34.0 Å². The molecule has 0 saturated carbocycles. The zero-order chi connectivity index (χ0) is 21.1. The average Bonchev–Trinajstić information content (AvgIpc) is 2.72. The van der Waals surface area contributed by atoms with Crippen molar-refractivity contribution in [1.29, 1.82) is 0 Å². The van der Waals surface area contributed by atoms with Crippen LogP contribution in [0.1, 0.15) is 30.9 Å². The van der Waals surface area contributed by atoms with E-state index in [4.69, 9.17) is 0 Å². The minimum Gasteiger partial charge on any atom is -0.326 e. The molecular weight excluding hydrogens is 358 g/mol. The molecule has 0 aliphatic carbocycles. The second kappa shape index (κ2) is 11.5. The Morgan fingerprint density at radius 1 is 0.966 bits per heavy atom. The van der Waals surface area contributed by atoms with E-state index in [-0.39, 0.29) is 5.91 Å². The van der Waals surface area contributed by atoms with Crippen LogP contribution in [0.2, 0.25) is 0 Å². The molecule has 0 heterocycles. The van der Waals surface area contributed by atoms with Crippen LogP contribution in [0, 0.1) is 0 Å². The molecule has 2 aromatic carbocycles. The van der Waals surface area contributed by atoms with E-state index in [9.17, 15) is 4.79 Å². The van der Waals surface area contributed by atoms with Crippen molar-refractivity contribution in [2.24, 2.45) is 9.98 Å². The number of rotatable bonds is 9. The highest BCUT2D eigenvalue weighted by Gasteiger charge is 2.03. The van der Waals surface area contributed by atoms with Gasteiger partial charge in [-0.3, -0.25) is 14.8 Å². The van der Waals surface area contributed by atoms with E-state index in [0.717, 1.165) is 47.5 Å². The van der Waals surface area contributed by atoms with Gasteiger partial charge in [0.25, 0.3) is 0 Å². The van der Waals surface area contributed by atoms with Gasteiger partial charge in [-0.25, -0.2) is 0 Å². The van der Waals surface area contributed by atoms with Crippen LogP contribution in [0.25, 0.3) is 0 Å². The molecule has 0 aromatic heterocycles. The Bertz CT molecular complexity index is 907. The van der Waals surface area contributed by atoms with Crippen molar-refractivity contribution in [2.45, 2.75) is 26.2 Å². The molecule has 0 aliphatic heterocycles. The number of allylic oxidation sites excluding steroid dienone is 3. The van der Waals surface area contributed by atoms with E-state index in [0.29, 0.717) is 0 Å². The van der Waals surface area contributed by atoms with Crippen molar-refractivity contribution in [3.63, 3.8) is 0 Å². The summed E-state index contributed by atoms with van der Waals surface area (Å²) in [5.74, 6) is -0.0647. The lowest BCUT2D eigenvalue weighted by molar-refractivity contribution is -0.114. The van der Waals surface area contributed by atoms with Crippen LogP contribution >= 0.6 is 0 Å². The molecule has 29 heavy (non-hydrogen) atoms. The molecular formula is C25H29N3O. The molecule has 2 aromatic rings. The fourth-order valence-corrected chi connectivity index (χ4v) is 2.94. The van der Waals surface area contributed by atoms with Crippen molar-refractivity contribution in [3.8, 4) is 0 Å². The van der Waals surface area contributed by atoms with Gasteiger partial charge >= 0.3 is 0 Å². The first-order valence-corrected chi connectivity index (χ1v) is 9.71. The Hall–Kier alpha value is -3.27. The lowest BCUT2D eigenvalue weighted by Crippen LogP contribution is -2.05. The number of aliphatic imine (C=N–C) groups is 2. The van der Waals surface area contributed by atoms with Gasteiger partial charge in [-0.15, -0.1) is 0 Å². The molecule has 0 radical (unpaired) electrons. The molecule has 1 amide bonds. The summed E-state index contributed by atoms with van der Waals surface area (Å²) in [7, 11) is 3.61. The summed E-state index contributed by atoms with van der Waals surface area (Å²) in [5.41, 5.74) is 6.19. The zero-order valence-corrected chi connectivity index (χ0v) is 17.5. The lowest BCUT2D eigenvalue weighted by Gasteiger charge is -2.08. The highest BCUT2D eigenvalue weighted by atomic mass is 16.1. The number of hydrogen-bond acceptors (Lipinski definition) is 3. The van der Waals surface area contributed by atoms with Crippen LogP contribution in [0.4, 0.5) is 5.69 Å². The molecule has 0 aliphatic rings. The monoisotopic (exact) mass is 387 g/mol. The van der Waals surface area contributed by atoms with Gasteiger partial charge in [-0.1, -0.05) is 54.6 Å². The normalized spacial score (nSPS) is 12.2. The summed E-state index contributed by atoms with van der Waals surface area (Å²) in [6, 6.07) is 18.0. The Morgan fingerprint density at radius 2 is 1.66 bits per heavy atom. The Kier molecular flexibility index (Phi) is 8.77. The first-order valence-electron chi connectivity index (χ1n) is 9.71. The van der Waals surface area contributed by atoms with Crippen molar-refractivity contribution in [3.05, 3.63) is 90.0 Å². The van der Waals surface area contributed by atoms with Crippen LogP contribution in [-0.2, 0) is 11.2 Å². The molecule has 0 fully saturated rings. The first-order chi connectivity index (χ1) is 14.0. The molecule has 0 unspecified atom stereocenters. The Morgan fingerprint density at radius 3 is 2.24 bits per heavy atom. The lowest BCUT2D eigenvalue weighted by atomic mass is 10.0. The number of carbonyl (C=O) groups is 1. The van der Waals surface area contributed by atoms with Crippen molar-refractivity contribution in [2.75, 3.05) is 19.4 Å². The number of carbonyl (C=O) groups excluding carboxylic acids is 1. The predicted octanol–water partition coefficient (Wildman–Crippen LogP) is 5.27. The van der Waals surface area contributed by atoms with E-state index < -0.39 is 0 Å². The molecule has 0 saturated heterocycles. The smallest absolute Gasteiger partial charge is 0.221 e. The highest BCUT2D eigenvalue weighted by molar-refractivity contribution is 6.12. The fraction of sp³-hybridized carbons (Fsp3) is 0.240. The molecule has 2 rings (SSSR count). The minimum absolute atomic E-state index is 0.0647. The fourth-order valence-electron chi connectivity index (χ4n) is 2.94. The molecule has 4 nitrogen and oxygen atoms in total. The largest absolute Gasteiger partial charge is 0.326 e. The standard InChI is InChI=1S/C25H29N3O/c1-19(18-21-11-14-24(15-12-21)28-20(2)29)10-13-23(26-3)16-17-25(27-4)22-8-6-5-7-9-22/h5-9,11-12,14-17H,1,10,13,18H2,2-4H3,(H,28,29)/b17-16-,26-23?,27-25?. The summed E-state index contributed by atoms with van der Waals surface area (Å²) in [6.45, 7) is 5.72. The van der Waals surface area contributed by atoms with Gasteiger partial charge in [-0.05, 0) is 54.7 Å². The topological polar surface area (TPSA) is 53.8 Å². The molecule has 0 spiro atoms. The third-order valence-electron chi connectivity index (χ3n) is 4.49. The quantitative estimate of drug-likeness (QED) is 0.462. The summed E-state index contributed by atoms with van der Waals surface area (Å²) < 4.78 is 0. The Labute approximate surface area is 173 Å². The molecule has 0 bridgehead atoms. The zero-order valence-electron chi connectivity index (χ0n) is 17.5. The third kappa shape index (κ3) is 7.70. The highest BCUT2D eigenvalue weighted by Crippen LogP contribution is 2.15. The van der Waals surface area contributed by atoms with Crippen LogP contribution < -0.4 is 5.32 Å². The van der Waals surface area contributed by atoms with Gasteiger partial charge in [0.15, 0.2) is 0 Å². The maximum absolute atomic E-state index is 11.1. The van der Waals surface area contributed by atoms with Crippen LogP contribution in [0.5, 0.6) is 0 Å². The number of hydrogen-bond donors (Lipinski definition) is 1. The summed E-state index contributed by atoms with van der Waals surface area (Å²) in [4.78, 5) is 19.9. The molecule has 1 N–H and O–H groups in total. The van der Waals surface area contributed by atoms with Crippen molar-refractivity contribution < 1.29 is 4.79 Å². The number of amides is 1. The number of nitrogens with zero attached hydrogens (tertiary/aromatic N) is 2. The van der Waals surface area contributed by atoms with Crippen LogP contribution in [-0.4, -0.2) is 31.4 Å². The molecule has 0 atom stereocenters. The van der Waals surface area contributed by atoms with Crippen LogP contribution in [0.3, 0.4) is 0 Å². The van der Waals surface area contributed by atoms with Crippen LogP contribution in [0.15, 0.2) is 88.9 Å². The van der Waals surface area contributed by atoms with Gasteiger partial charge in [0, 0.05) is 32.4 Å². The van der Waals surface area contributed by atoms with Gasteiger partial charge < -0.3 is 5.32 Å². The first kappa shape index (κ1) is 22.0. The Balaban J connectivity index is 1.88. The van der Waals surface area contributed by atoms with Gasteiger partial charge in [0.1, 0.15) is 0 Å². The maximum Gasteiger partial charge on any atom is 0.221 e.